The highest BCUT2D eigenvalue weighted by Crippen LogP contribution is 2.27. The second-order valence-electron chi connectivity index (χ2n) is 4.85. The second kappa shape index (κ2) is 7.69. The number of halogens is 1. The molecule has 0 aliphatic carbocycles. The fourth-order valence-corrected chi connectivity index (χ4v) is 2.24. The van der Waals surface area contributed by atoms with Crippen molar-refractivity contribution in [2.45, 2.75) is 13.5 Å². The number of hydrogen-bond acceptors (Lipinski definition) is 4. The molecule has 2 rings (SSSR count). The highest BCUT2D eigenvalue weighted by atomic mass is 35.5. The summed E-state index contributed by atoms with van der Waals surface area (Å²) in [7, 11) is 1.51. The highest BCUT2D eigenvalue weighted by Gasteiger charge is 2.16. The molecule has 0 atom stereocenters. The fourth-order valence-electron chi connectivity index (χ4n) is 1.99. The van der Waals surface area contributed by atoms with Crippen LogP contribution in [-0.4, -0.2) is 30.4 Å². The lowest BCUT2D eigenvalue weighted by molar-refractivity contribution is -0.133. The first kappa shape index (κ1) is 16.9. The summed E-state index contributed by atoms with van der Waals surface area (Å²) in [4.78, 5) is 25.2. The van der Waals surface area contributed by atoms with E-state index in [-0.39, 0.29) is 24.9 Å². The predicted octanol–water partition coefficient (Wildman–Crippen LogP) is 2.93. The van der Waals surface area contributed by atoms with E-state index in [1.807, 2.05) is 0 Å². The van der Waals surface area contributed by atoms with Crippen molar-refractivity contribution in [3.05, 3.63) is 47.4 Å². The summed E-state index contributed by atoms with van der Waals surface area (Å²) >= 11 is 6.01. The van der Waals surface area contributed by atoms with Gasteiger partial charge in [0.15, 0.2) is 0 Å². The molecule has 1 heterocycles. The minimum Gasteiger partial charge on any atom is -0.495 e. The summed E-state index contributed by atoms with van der Waals surface area (Å²) in [6.45, 7) is 1.55. The number of benzene rings is 1. The van der Waals surface area contributed by atoms with Crippen LogP contribution >= 0.6 is 11.6 Å². The minimum absolute atomic E-state index is 0.0836. The maximum absolute atomic E-state index is 12.1. The first-order valence-electron chi connectivity index (χ1n) is 6.91. The van der Waals surface area contributed by atoms with Gasteiger partial charge in [0.25, 0.3) is 0 Å². The molecule has 2 aromatic rings. The van der Waals surface area contributed by atoms with Gasteiger partial charge in [0.05, 0.1) is 24.9 Å². The van der Waals surface area contributed by atoms with Gasteiger partial charge in [0.1, 0.15) is 18.1 Å². The van der Waals surface area contributed by atoms with E-state index in [9.17, 15) is 9.59 Å². The zero-order valence-electron chi connectivity index (χ0n) is 12.8. The molecule has 0 saturated carbocycles. The normalized spacial score (nSPS) is 10.2. The summed E-state index contributed by atoms with van der Waals surface area (Å²) < 4.78 is 10.3. The smallest absolute Gasteiger partial charge is 0.244 e. The fraction of sp³-hybridized carbons (Fsp3) is 0.250. The Bertz CT molecular complexity index is 685. The van der Waals surface area contributed by atoms with Crippen molar-refractivity contribution in [3.8, 4) is 5.75 Å². The molecule has 6 nitrogen and oxygen atoms in total. The molecule has 0 bridgehead atoms. The Morgan fingerprint density at radius 1 is 1.35 bits per heavy atom. The molecule has 0 spiro atoms. The van der Waals surface area contributed by atoms with Gasteiger partial charge in [-0.3, -0.25) is 9.59 Å². The topological polar surface area (TPSA) is 71.8 Å². The minimum atomic E-state index is -0.326. The third-order valence-electron chi connectivity index (χ3n) is 3.14. The molecule has 23 heavy (non-hydrogen) atoms. The van der Waals surface area contributed by atoms with E-state index in [0.29, 0.717) is 22.2 Å². The van der Waals surface area contributed by atoms with Crippen molar-refractivity contribution in [2.24, 2.45) is 0 Å². The summed E-state index contributed by atoms with van der Waals surface area (Å²) in [5.74, 6) is 0.589. The third-order valence-corrected chi connectivity index (χ3v) is 3.44. The van der Waals surface area contributed by atoms with Crippen LogP contribution in [0.3, 0.4) is 0 Å². The van der Waals surface area contributed by atoms with Crippen LogP contribution in [0.1, 0.15) is 12.7 Å². The Kier molecular flexibility index (Phi) is 5.65. The lowest BCUT2D eigenvalue weighted by Gasteiger charge is -2.19. The quantitative estimate of drug-likeness (QED) is 0.880. The van der Waals surface area contributed by atoms with Crippen LogP contribution in [0.4, 0.5) is 5.69 Å². The number of furan rings is 1. The van der Waals surface area contributed by atoms with Crippen LogP contribution in [0.15, 0.2) is 41.0 Å². The molecule has 0 saturated heterocycles. The van der Waals surface area contributed by atoms with Crippen molar-refractivity contribution in [1.82, 2.24) is 4.90 Å². The number of carbonyl (C=O) groups excluding carboxylic acids is 2. The molecular weight excluding hydrogens is 320 g/mol. The molecule has 1 aromatic heterocycles. The summed E-state index contributed by atoms with van der Waals surface area (Å²) in [5, 5.41) is 3.09. The van der Waals surface area contributed by atoms with Crippen molar-refractivity contribution in [3.63, 3.8) is 0 Å². The van der Waals surface area contributed by atoms with Gasteiger partial charge < -0.3 is 19.4 Å². The number of hydrogen-bond donors (Lipinski definition) is 1. The Hall–Kier alpha value is -2.47. The number of anilines is 1. The number of amides is 2. The Morgan fingerprint density at radius 2 is 2.13 bits per heavy atom. The van der Waals surface area contributed by atoms with E-state index in [2.05, 4.69) is 5.32 Å². The maximum atomic E-state index is 12.1. The van der Waals surface area contributed by atoms with Crippen LogP contribution < -0.4 is 10.1 Å². The first-order valence-corrected chi connectivity index (χ1v) is 7.28. The molecule has 2 amide bonds. The van der Waals surface area contributed by atoms with Crippen molar-refractivity contribution in [1.29, 1.82) is 0 Å². The van der Waals surface area contributed by atoms with E-state index in [1.54, 1.807) is 30.3 Å². The van der Waals surface area contributed by atoms with Gasteiger partial charge in [-0.2, -0.15) is 0 Å². The first-order chi connectivity index (χ1) is 11.0. The van der Waals surface area contributed by atoms with Gasteiger partial charge in [0, 0.05) is 12.6 Å². The summed E-state index contributed by atoms with van der Waals surface area (Å²) in [6, 6.07) is 8.39. The van der Waals surface area contributed by atoms with Gasteiger partial charge in [-0.25, -0.2) is 0 Å². The molecule has 122 valence electrons. The number of nitrogens with zero attached hydrogens (tertiary/aromatic N) is 1. The Morgan fingerprint density at radius 3 is 2.70 bits per heavy atom. The van der Waals surface area contributed by atoms with Crippen molar-refractivity contribution < 1.29 is 18.7 Å². The number of ether oxygens (including phenoxy) is 1. The van der Waals surface area contributed by atoms with E-state index < -0.39 is 0 Å². The average molecular weight is 337 g/mol. The van der Waals surface area contributed by atoms with Crippen LogP contribution in [0.2, 0.25) is 5.02 Å². The van der Waals surface area contributed by atoms with Crippen LogP contribution in [0.5, 0.6) is 5.75 Å². The number of methoxy groups -OCH3 is 1. The number of rotatable bonds is 6. The monoisotopic (exact) mass is 336 g/mol. The lowest BCUT2D eigenvalue weighted by atomic mass is 10.3. The predicted molar refractivity (Wildman–Crippen MR) is 86.4 cm³/mol. The van der Waals surface area contributed by atoms with Crippen LogP contribution in [0, 0.1) is 0 Å². The number of carbonyl (C=O) groups is 2. The zero-order chi connectivity index (χ0) is 16.8. The Labute approximate surface area is 139 Å². The van der Waals surface area contributed by atoms with E-state index in [4.69, 9.17) is 20.8 Å². The maximum Gasteiger partial charge on any atom is 0.244 e. The third kappa shape index (κ3) is 4.75. The SMILES string of the molecule is COc1ccc(NC(=O)CN(Cc2ccco2)C(C)=O)cc1Cl. The lowest BCUT2D eigenvalue weighted by Crippen LogP contribution is -2.36. The molecular formula is C16H17ClN2O4. The summed E-state index contributed by atoms with van der Waals surface area (Å²) in [5.41, 5.74) is 0.530. The van der Waals surface area contributed by atoms with Crippen molar-refractivity contribution in [2.75, 3.05) is 19.0 Å². The van der Waals surface area contributed by atoms with Gasteiger partial charge in [-0.1, -0.05) is 11.6 Å². The van der Waals surface area contributed by atoms with Crippen molar-refractivity contribution >= 4 is 29.1 Å². The highest BCUT2D eigenvalue weighted by molar-refractivity contribution is 6.32. The average Bonchev–Trinajstić information content (AvgIpc) is 2.99. The molecule has 0 unspecified atom stereocenters. The van der Waals surface area contributed by atoms with Crippen LogP contribution in [-0.2, 0) is 16.1 Å². The van der Waals surface area contributed by atoms with Gasteiger partial charge in [0.2, 0.25) is 11.8 Å². The molecule has 1 N–H and O–H groups in total. The second-order valence-corrected chi connectivity index (χ2v) is 5.26. The van der Waals surface area contributed by atoms with Gasteiger partial charge in [-0.05, 0) is 30.3 Å². The number of nitrogens with one attached hydrogen (secondary N) is 1. The van der Waals surface area contributed by atoms with Gasteiger partial charge >= 0.3 is 0 Å². The molecule has 0 aliphatic rings. The molecule has 0 fully saturated rings. The molecule has 0 aliphatic heterocycles. The summed E-state index contributed by atoms with van der Waals surface area (Å²) in [6.07, 6.45) is 1.52. The molecule has 1 aromatic carbocycles. The van der Waals surface area contributed by atoms with Gasteiger partial charge in [-0.15, -0.1) is 0 Å². The molecule has 0 radical (unpaired) electrons. The van der Waals surface area contributed by atoms with E-state index in [1.165, 1.54) is 25.2 Å². The Balaban J connectivity index is 1.99. The largest absolute Gasteiger partial charge is 0.495 e. The van der Waals surface area contributed by atoms with Crippen LogP contribution in [0.25, 0.3) is 0 Å². The molecule has 7 heteroatoms. The standard InChI is InChI=1S/C16H17ClN2O4/c1-11(20)19(9-13-4-3-7-23-13)10-16(21)18-12-5-6-15(22-2)14(17)8-12/h3-8H,9-10H2,1-2H3,(H,18,21). The van der Waals surface area contributed by atoms with E-state index in [0.717, 1.165) is 0 Å². The van der Waals surface area contributed by atoms with E-state index >= 15 is 0 Å². The zero-order valence-corrected chi connectivity index (χ0v) is 13.6.